The van der Waals surface area contributed by atoms with Crippen LogP contribution in [0.25, 0.3) is 0 Å². The quantitative estimate of drug-likeness (QED) is 0.0373. The average Bonchev–Trinajstić information content (AvgIpc) is 3.11. The number of carbonyl (C=O) groups excluding carboxylic acids is 1. The lowest BCUT2D eigenvalue weighted by molar-refractivity contribution is -0.144. The van der Waals surface area contributed by atoms with Crippen molar-refractivity contribution in [2.24, 2.45) is 0 Å². The van der Waals surface area contributed by atoms with E-state index in [0.717, 1.165) is 83.8 Å². The van der Waals surface area contributed by atoms with Crippen molar-refractivity contribution in [2.45, 2.75) is 245 Å². The Kier molecular flexibility index (Phi) is 40.5. The zero-order valence-electron chi connectivity index (χ0n) is 34.1. The zero-order chi connectivity index (χ0) is 36.6. The zero-order valence-corrected chi connectivity index (χ0v) is 34.1. The maximum Gasteiger partial charge on any atom is 0.305 e. The Bertz CT molecular complexity index is 646. The predicted octanol–water partition coefficient (Wildman–Crippen LogP) is 12.5. The van der Waals surface area contributed by atoms with Crippen molar-refractivity contribution in [3.8, 4) is 0 Å². The molecule has 0 amide bonds. The lowest BCUT2D eigenvalue weighted by atomic mass is 10.0. The highest BCUT2D eigenvalue weighted by Gasteiger charge is 2.15. The summed E-state index contributed by atoms with van der Waals surface area (Å²) in [5.41, 5.74) is 0. The molecule has 0 bridgehead atoms. The summed E-state index contributed by atoms with van der Waals surface area (Å²) in [6.07, 6.45) is 38.7. The number of ether oxygens (including phenoxy) is 2. The first-order chi connectivity index (χ1) is 24.6. The summed E-state index contributed by atoms with van der Waals surface area (Å²) in [7, 11) is 0. The summed E-state index contributed by atoms with van der Waals surface area (Å²) in [5, 5.41) is 20.2. The van der Waals surface area contributed by atoms with Crippen LogP contribution in [0.3, 0.4) is 0 Å². The first kappa shape index (κ1) is 49.3. The summed E-state index contributed by atoms with van der Waals surface area (Å²) in [6.45, 7) is 10.4. The van der Waals surface area contributed by atoms with E-state index >= 15 is 0 Å². The van der Waals surface area contributed by atoms with Crippen molar-refractivity contribution >= 4 is 5.97 Å². The van der Waals surface area contributed by atoms with E-state index in [4.69, 9.17) is 9.47 Å². The minimum absolute atomic E-state index is 0.0270. The molecule has 6 nitrogen and oxygen atoms in total. The Balaban J connectivity index is 3.93. The van der Waals surface area contributed by atoms with E-state index < -0.39 is 6.29 Å². The molecular weight excluding hydrogens is 622 g/mol. The number of esters is 1. The maximum atomic E-state index is 12.0. The molecule has 0 rings (SSSR count). The summed E-state index contributed by atoms with van der Waals surface area (Å²) in [4.78, 5) is 14.4. The predicted molar refractivity (Wildman–Crippen MR) is 215 cm³/mol. The minimum atomic E-state index is -0.617. The number of nitrogens with zero attached hydrogens (tertiary/aromatic N) is 1. The Morgan fingerprint density at radius 3 is 1.38 bits per heavy atom. The Hall–Kier alpha value is -0.690. The molecule has 300 valence electrons. The highest BCUT2D eigenvalue weighted by atomic mass is 16.6. The molecule has 0 radical (unpaired) electrons. The van der Waals surface area contributed by atoms with Gasteiger partial charge < -0.3 is 24.6 Å². The van der Waals surface area contributed by atoms with Crippen LogP contribution < -0.4 is 0 Å². The second-order valence-corrected chi connectivity index (χ2v) is 15.3. The summed E-state index contributed by atoms with van der Waals surface area (Å²) < 4.78 is 11.6. The topological polar surface area (TPSA) is 79.2 Å². The normalized spacial score (nSPS) is 12.4. The van der Waals surface area contributed by atoms with Gasteiger partial charge in [-0.1, -0.05) is 175 Å². The van der Waals surface area contributed by atoms with Gasteiger partial charge in [0.1, 0.15) is 0 Å². The van der Waals surface area contributed by atoms with Crippen LogP contribution in [-0.4, -0.2) is 66.3 Å². The molecule has 0 heterocycles. The molecule has 6 heteroatoms. The van der Waals surface area contributed by atoms with Crippen molar-refractivity contribution in [3.05, 3.63) is 0 Å². The first-order valence-corrected chi connectivity index (χ1v) is 22.4. The van der Waals surface area contributed by atoms with Crippen molar-refractivity contribution in [2.75, 3.05) is 32.8 Å². The van der Waals surface area contributed by atoms with Gasteiger partial charge in [0, 0.05) is 13.0 Å². The minimum Gasteiger partial charge on any atom is -0.466 e. The van der Waals surface area contributed by atoms with Gasteiger partial charge in [0.2, 0.25) is 0 Å². The fourth-order valence-corrected chi connectivity index (χ4v) is 6.99. The molecular formula is C44H89NO5. The van der Waals surface area contributed by atoms with Gasteiger partial charge in [-0.3, -0.25) is 4.79 Å². The van der Waals surface area contributed by atoms with E-state index in [-0.39, 0.29) is 18.7 Å². The van der Waals surface area contributed by atoms with E-state index in [1.165, 1.54) is 141 Å². The van der Waals surface area contributed by atoms with Gasteiger partial charge in [-0.15, -0.1) is 0 Å². The van der Waals surface area contributed by atoms with Crippen LogP contribution in [0.4, 0.5) is 0 Å². The van der Waals surface area contributed by atoms with Gasteiger partial charge in [0.05, 0.1) is 19.3 Å². The second kappa shape index (κ2) is 41.1. The van der Waals surface area contributed by atoms with Crippen molar-refractivity contribution < 1.29 is 24.5 Å². The number of rotatable bonds is 42. The monoisotopic (exact) mass is 712 g/mol. The van der Waals surface area contributed by atoms with Crippen LogP contribution in [0.2, 0.25) is 0 Å². The molecule has 0 aliphatic carbocycles. The summed E-state index contributed by atoms with van der Waals surface area (Å²) >= 11 is 0. The summed E-state index contributed by atoms with van der Waals surface area (Å²) in [6, 6.07) is 0. The Morgan fingerprint density at radius 1 is 0.500 bits per heavy atom. The van der Waals surface area contributed by atoms with Crippen LogP contribution in [-0.2, 0) is 14.3 Å². The fraction of sp³-hybridized carbons (Fsp3) is 0.977. The molecule has 0 aliphatic rings. The van der Waals surface area contributed by atoms with Gasteiger partial charge >= 0.3 is 5.97 Å². The van der Waals surface area contributed by atoms with Crippen molar-refractivity contribution in [3.63, 3.8) is 0 Å². The highest BCUT2D eigenvalue weighted by Crippen LogP contribution is 2.20. The van der Waals surface area contributed by atoms with Crippen LogP contribution >= 0.6 is 0 Å². The molecule has 0 aliphatic heterocycles. The standard InChI is InChI=1S/C44H89NO5/c1-4-7-10-13-16-25-32-41-49-43(47)35-28-21-17-23-30-37-45(39-40-46)38-31-24-18-22-29-36-44(48)50-42(33-26-19-14-11-8-5-2)34-27-20-15-12-9-6-3/h42,44,46,48H,4-41H2,1-3H3. The molecule has 0 aromatic heterocycles. The molecule has 1 atom stereocenters. The van der Waals surface area contributed by atoms with Gasteiger partial charge in [-0.2, -0.15) is 0 Å². The number of carbonyl (C=O) groups is 1. The van der Waals surface area contributed by atoms with E-state index in [2.05, 4.69) is 25.7 Å². The smallest absolute Gasteiger partial charge is 0.305 e. The van der Waals surface area contributed by atoms with Crippen molar-refractivity contribution in [1.82, 2.24) is 4.90 Å². The van der Waals surface area contributed by atoms with E-state index in [9.17, 15) is 15.0 Å². The van der Waals surface area contributed by atoms with Crippen LogP contribution in [0.1, 0.15) is 233 Å². The molecule has 2 N–H and O–H groups in total. The molecule has 0 aromatic rings. The summed E-state index contributed by atoms with van der Waals surface area (Å²) in [5.74, 6) is -0.0270. The third-order valence-corrected chi connectivity index (χ3v) is 10.3. The second-order valence-electron chi connectivity index (χ2n) is 15.3. The average molecular weight is 712 g/mol. The SMILES string of the molecule is CCCCCCCCCOC(=O)CCCCCCCN(CCO)CCCCCCCC(O)OC(CCCCCCCC)CCCCCCCC. The van der Waals surface area contributed by atoms with E-state index in [0.29, 0.717) is 13.0 Å². The van der Waals surface area contributed by atoms with Crippen LogP contribution in [0, 0.1) is 0 Å². The van der Waals surface area contributed by atoms with Gasteiger partial charge in [0.15, 0.2) is 6.29 Å². The number of unbranched alkanes of at least 4 members (excludes halogenated alkanes) is 24. The number of aliphatic hydroxyl groups excluding tert-OH is 2. The Labute approximate surface area is 312 Å². The lowest BCUT2D eigenvalue weighted by Gasteiger charge is -2.22. The number of hydrogen-bond donors (Lipinski definition) is 2. The third kappa shape index (κ3) is 37.1. The first-order valence-electron chi connectivity index (χ1n) is 22.4. The highest BCUT2D eigenvalue weighted by molar-refractivity contribution is 5.69. The Morgan fingerprint density at radius 2 is 0.900 bits per heavy atom. The number of aliphatic hydroxyl groups is 2. The third-order valence-electron chi connectivity index (χ3n) is 10.3. The maximum absolute atomic E-state index is 12.0. The molecule has 0 saturated carbocycles. The molecule has 0 saturated heterocycles. The van der Waals surface area contributed by atoms with Gasteiger partial charge in [-0.25, -0.2) is 0 Å². The number of hydrogen-bond acceptors (Lipinski definition) is 6. The molecule has 0 spiro atoms. The lowest BCUT2D eigenvalue weighted by Crippen LogP contribution is -2.29. The van der Waals surface area contributed by atoms with Crippen LogP contribution in [0.5, 0.6) is 0 Å². The van der Waals surface area contributed by atoms with Gasteiger partial charge in [0.25, 0.3) is 0 Å². The largest absolute Gasteiger partial charge is 0.466 e. The van der Waals surface area contributed by atoms with Crippen LogP contribution in [0.15, 0.2) is 0 Å². The molecule has 0 fully saturated rings. The molecule has 50 heavy (non-hydrogen) atoms. The van der Waals surface area contributed by atoms with E-state index in [1.807, 2.05) is 0 Å². The fourth-order valence-electron chi connectivity index (χ4n) is 6.99. The van der Waals surface area contributed by atoms with E-state index in [1.54, 1.807) is 0 Å². The van der Waals surface area contributed by atoms with Gasteiger partial charge in [-0.05, 0) is 64.5 Å². The molecule has 0 aromatic carbocycles. The van der Waals surface area contributed by atoms with Crippen molar-refractivity contribution in [1.29, 1.82) is 0 Å². The molecule has 1 unspecified atom stereocenters.